The zero-order valence-corrected chi connectivity index (χ0v) is 14.5. The first-order valence-corrected chi connectivity index (χ1v) is 9.23. The minimum absolute atomic E-state index is 0.168. The van der Waals surface area contributed by atoms with E-state index in [2.05, 4.69) is 10.6 Å². The highest BCUT2D eigenvalue weighted by Gasteiger charge is 2.41. The largest absolute Gasteiger partial charge is 0.333 e. The van der Waals surface area contributed by atoms with Gasteiger partial charge in [-0.05, 0) is 31.0 Å². The molecular formula is C16H18ClN3O3S. The topological polar surface area (TPSA) is 78.5 Å². The third-order valence-corrected chi connectivity index (χ3v) is 5.31. The number of amides is 4. The number of carbonyl (C=O) groups excluding carboxylic acids is 3. The first-order valence-electron chi connectivity index (χ1n) is 7.86. The number of hydrogen-bond acceptors (Lipinski definition) is 4. The van der Waals surface area contributed by atoms with Gasteiger partial charge in [0.05, 0.1) is 17.8 Å². The highest BCUT2D eigenvalue weighted by Crippen LogP contribution is 2.30. The number of thioether (sulfide) groups is 1. The van der Waals surface area contributed by atoms with Crippen molar-refractivity contribution in [2.45, 2.75) is 37.8 Å². The third-order valence-electron chi connectivity index (χ3n) is 4.24. The molecule has 2 aliphatic rings. The third kappa shape index (κ3) is 3.84. The fourth-order valence-electron chi connectivity index (χ4n) is 3.18. The van der Waals surface area contributed by atoms with Crippen LogP contribution in [0.2, 0.25) is 5.02 Å². The van der Waals surface area contributed by atoms with Crippen LogP contribution in [0, 0.1) is 0 Å². The number of anilines is 1. The van der Waals surface area contributed by atoms with Crippen molar-refractivity contribution in [3.63, 3.8) is 0 Å². The molecule has 24 heavy (non-hydrogen) atoms. The van der Waals surface area contributed by atoms with Gasteiger partial charge in [-0.1, -0.05) is 42.3 Å². The van der Waals surface area contributed by atoms with Gasteiger partial charge in [0.25, 0.3) is 5.24 Å². The van der Waals surface area contributed by atoms with E-state index in [9.17, 15) is 14.4 Å². The van der Waals surface area contributed by atoms with Gasteiger partial charge in [0.2, 0.25) is 5.91 Å². The van der Waals surface area contributed by atoms with Crippen LogP contribution in [-0.2, 0) is 4.79 Å². The van der Waals surface area contributed by atoms with E-state index in [1.54, 1.807) is 24.3 Å². The first-order chi connectivity index (χ1) is 11.5. The summed E-state index contributed by atoms with van der Waals surface area (Å²) in [5.41, 5.74) is 0.594. The van der Waals surface area contributed by atoms with Gasteiger partial charge in [-0.3, -0.25) is 14.5 Å². The second kappa shape index (κ2) is 7.44. The van der Waals surface area contributed by atoms with Crippen molar-refractivity contribution in [2.75, 3.05) is 11.1 Å². The van der Waals surface area contributed by atoms with Gasteiger partial charge in [0, 0.05) is 10.7 Å². The summed E-state index contributed by atoms with van der Waals surface area (Å²) in [6.07, 6.45) is 3.37. The lowest BCUT2D eigenvalue weighted by Gasteiger charge is -2.36. The summed E-state index contributed by atoms with van der Waals surface area (Å²) in [5.74, 6) is 0.0236. The van der Waals surface area contributed by atoms with Crippen molar-refractivity contribution in [2.24, 2.45) is 0 Å². The number of nitrogens with one attached hydrogen (secondary N) is 2. The van der Waals surface area contributed by atoms with Gasteiger partial charge in [-0.25, -0.2) is 4.79 Å². The van der Waals surface area contributed by atoms with Crippen molar-refractivity contribution in [3.8, 4) is 0 Å². The Bertz CT molecular complexity index is 654. The predicted molar refractivity (Wildman–Crippen MR) is 94.4 cm³/mol. The van der Waals surface area contributed by atoms with Crippen LogP contribution >= 0.6 is 23.4 Å². The Morgan fingerprint density at radius 1 is 1.25 bits per heavy atom. The van der Waals surface area contributed by atoms with Gasteiger partial charge in [0.15, 0.2) is 0 Å². The molecule has 1 aliphatic heterocycles. The molecule has 8 heteroatoms. The number of hydrogen-bond donors (Lipinski definition) is 2. The Balaban J connectivity index is 1.66. The molecule has 1 saturated heterocycles. The molecule has 1 aromatic carbocycles. The van der Waals surface area contributed by atoms with Crippen LogP contribution in [0.5, 0.6) is 0 Å². The Kier molecular flexibility index (Phi) is 5.30. The Morgan fingerprint density at radius 2 is 2.04 bits per heavy atom. The molecule has 0 bridgehead atoms. The van der Waals surface area contributed by atoms with E-state index in [0.29, 0.717) is 10.7 Å². The number of carbonyl (C=O) groups is 3. The lowest BCUT2D eigenvalue weighted by molar-refractivity contribution is -0.127. The van der Waals surface area contributed by atoms with E-state index in [0.717, 1.165) is 37.4 Å². The van der Waals surface area contributed by atoms with E-state index in [4.69, 9.17) is 11.6 Å². The molecule has 3 rings (SSSR count). The maximum absolute atomic E-state index is 12.3. The van der Waals surface area contributed by atoms with E-state index in [-0.39, 0.29) is 35.0 Å². The molecule has 4 amide bonds. The Morgan fingerprint density at radius 3 is 2.75 bits per heavy atom. The smallest absolute Gasteiger partial charge is 0.319 e. The Labute approximate surface area is 149 Å². The van der Waals surface area contributed by atoms with Gasteiger partial charge >= 0.3 is 6.03 Å². The predicted octanol–water partition coefficient (Wildman–Crippen LogP) is 3.47. The number of rotatable bonds is 3. The minimum Gasteiger partial charge on any atom is -0.333 e. The monoisotopic (exact) mass is 367 g/mol. The van der Waals surface area contributed by atoms with E-state index in [1.165, 1.54) is 4.90 Å². The second-order valence-corrected chi connectivity index (χ2v) is 7.25. The van der Waals surface area contributed by atoms with Crippen LogP contribution in [0.15, 0.2) is 24.3 Å². The summed E-state index contributed by atoms with van der Waals surface area (Å²) < 4.78 is 0. The molecule has 2 unspecified atom stereocenters. The standard InChI is InChI=1S/C16H18ClN3O3S/c17-10-4-3-5-11(8-10)18-15(22)19-12-6-1-2-7-13(12)20-14(21)9-24-16(20)23/h3-5,8,12-13H,1-2,6-7,9H2,(H2,18,19,22). The van der Waals surface area contributed by atoms with Crippen molar-refractivity contribution < 1.29 is 14.4 Å². The molecular weight excluding hydrogens is 350 g/mol. The van der Waals surface area contributed by atoms with Crippen LogP contribution in [0.4, 0.5) is 15.3 Å². The van der Waals surface area contributed by atoms with Crippen LogP contribution in [0.1, 0.15) is 25.7 Å². The number of imide groups is 1. The van der Waals surface area contributed by atoms with Crippen LogP contribution in [0.25, 0.3) is 0 Å². The zero-order valence-electron chi connectivity index (χ0n) is 13.0. The van der Waals surface area contributed by atoms with Gasteiger partial charge < -0.3 is 10.6 Å². The van der Waals surface area contributed by atoms with Crippen molar-refractivity contribution in [1.29, 1.82) is 0 Å². The normalized spacial score (nSPS) is 24.1. The number of urea groups is 1. The molecule has 1 aliphatic carbocycles. The van der Waals surface area contributed by atoms with Crippen LogP contribution < -0.4 is 10.6 Å². The van der Waals surface area contributed by atoms with Gasteiger partial charge in [-0.15, -0.1) is 0 Å². The van der Waals surface area contributed by atoms with Crippen molar-refractivity contribution in [3.05, 3.63) is 29.3 Å². The SMILES string of the molecule is O=C(Nc1cccc(Cl)c1)NC1CCCCC1N1C(=O)CSC1=O. The van der Waals surface area contributed by atoms with Crippen LogP contribution in [-0.4, -0.2) is 39.9 Å². The molecule has 6 nitrogen and oxygen atoms in total. The van der Waals surface area contributed by atoms with Crippen molar-refractivity contribution in [1.82, 2.24) is 10.2 Å². The van der Waals surface area contributed by atoms with Gasteiger partial charge in [-0.2, -0.15) is 0 Å². The molecule has 1 aromatic rings. The summed E-state index contributed by atoms with van der Waals surface area (Å²) >= 11 is 6.93. The lowest BCUT2D eigenvalue weighted by Crippen LogP contribution is -2.55. The molecule has 0 aromatic heterocycles. The second-order valence-electron chi connectivity index (χ2n) is 5.89. The zero-order chi connectivity index (χ0) is 17.1. The molecule has 2 N–H and O–H groups in total. The highest BCUT2D eigenvalue weighted by molar-refractivity contribution is 8.14. The molecule has 0 radical (unpaired) electrons. The quantitative estimate of drug-likeness (QED) is 0.857. The summed E-state index contributed by atoms with van der Waals surface area (Å²) in [5, 5.41) is 5.96. The average molecular weight is 368 g/mol. The molecule has 128 valence electrons. The van der Waals surface area contributed by atoms with E-state index >= 15 is 0 Å². The lowest BCUT2D eigenvalue weighted by atomic mass is 9.89. The van der Waals surface area contributed by atoms with Crippen LogP contribution in [0.3, 0.4) is 0 Å². The maximum atomic E-state index is 12.3. The van der Waals surface area contributed by atoms with E-state index in [1.807, 2.05) is 0 Å². The summed E-state index contributed by atoms with van der Waals surface area (Å²) in [6, 6.07) is 6.02. The molecule has 2 fully saturated rings. The summed E-state index contributed by atoms with van der Waals surface area (Å²) in [4.78, 5) is 37.5. The van der Waals surface area contributed by atoms with E-state index < -0.39 is 0 Å². The first kappa shape index (κ1) is 17.1. The molecule has 1 heterocycles. The molecule has 0 spiro atoms. The minimum atomic E-state index is -0.360. The summed E-state index contributed by atoms with van der Waals surface area (Å²) in [6.45, 7) is 0. The van der Waals surface area contributed by atoms with Gasteiger partial charge in [0.1, 0.15) is 0 Å². The maximum Gasteiger partial charge on any atom is 0.319 e. The van der Waals surface area contributed by atoms with Crippen molar-refractivity contribution >= 4 is 46.2 Å². The fourth-order valence-corrected chi connectivity index (χ4v) is 4.13. The fraction of sp³-hybridized carbons (Fsp3) is 0.438. The number of halogens is 1. The average Bonchev–Trinajstić information content (AvgIpc) is 2.87. The number of benzene rings is 1. The molecule has 1 saturated carbocycles. The Hall–Kier alpha value is -1.73. The number of nitrogens with zero attached hydrogens (tertiary/aromatic N) is 1. The highest BCUT2D eigenvalue weighted by atomic mass is 35.5. The summed E-state index contributed by atoms with van der Waals surface area (Å²) in [7, 11) is 0. The molecule has 2 atom stereocenters.